The lowest BCUT2D eigenvalue weighted by molar-refractivity contribution is -0.157. The molecule has 0 fully saturated rings. The number of aliphatic hydroxyl groups is 1. The van der Waals surface area contributed by atoms with E-state index < -0.39 is 18.7 Å². The molecule has 5 nitrogen and oxygen atoms in total. The Morgan fingerprint density at radius 2 is 1.90 bits per heavy atom. The molecule has 0 radical (unpaired) electrons. The highest BCUT2D eigenvalue weighted by Crippen LogP contribution is 2.22. The number of unbranched alkanes of at least 4 members (excludes halogenated alkanes) is 2. The second-order valence-corrected chi connectivity index (χ2v) is 6.25. The molecule has 0 heterocycles. The Bertz CT molecular complexity index is 330. The van der Waals surface area contributed by atoms with Crippen molar-refractivity contribution in [2.75, 3.05) is 13.2 Å². The smallest absolute Gasteiger partial charge is 0.330 e. The molecule has 0 aromatic carbocycles. The van der Waals surface area contributed by atoms with Crippen LogP contribution in [0.3, 0.4) is 0 Å². The fraction of sp³-hybridized carbons (Fsp3) is 0.750. The van der Waals surface area contributed by atoms with Gasteiger partial charge in [0.1, 0.15) is 6.61 Å². The summed E-state index contributed by atoms with van der Waals surface area (Å²) in [7, 11) is 0. The molecule has 122 valence electrons. The molecule has 0 aromatic rings. The topological polar surface area (TPSA) is 72.8 Å². The van der Waals surface area contributed by atoms with Crippen LogP contribution in [0.25, 0.3) is 0 Å². The SMILES string of the molecule is C=CC(=O)OC(CO)COC(=O)CCCCCC(C)(C)C. The Balaban J connectivity index is 3.74. The first-order valence-electron chi connectivity index (χ1n) is 7.38. The molecule has 0 saturated heterocycles. The number of ether oxygens (including phenoxy) is 2. The van der Waals surface area contributed by atoms with Gasteiger partial charge in [0.05, 0.1) is 6.61 Å². The van der Waals surface area contributed by atoms with Crippen molar-refractivity contribution in [2.24, 2.45) is 5.41 Å². The van der Waals surface area contributed by atoms with E-state index >= 15 is 0 Å². The van der Waals surface area contributed by atoms with Gasteiger partial charge >= 0.3 is 11.9 Å². The molecular weight excluding hydrogens is 272 g/mol. The number of carbonyl (C=O) groups is 2. The quantitative estimate of drug-likeness (QED) is 0.381. The fourth-order valence-electron chi connectivity index (χ4n) is 1.70. The van der Waals surface area contributed by atoms with Crippen molar-refractivity contribution in [3.05, 3.63) is 12.7 Å². The summed E-state index contributed by atoms with van der Waals surface area (Å²) >= 11 is 0. The van der Waals surface area contributed by atoms with Gasteiger partial charge in [-0.2, -0.15) is 0 Å². The third-order valence-corrected chi connectivity index (χ3v) is 2.89. The molecule has 0 rings (SSSR count). The van der Waals surface area contributed by atoms with E-state index in [-0.39, 0.29) is 12.6 Å². The van der Waals surface area contributed by atoms with Crippen LogP contribution >= 0.6 is 0 Å². The first kappa shape index (κ1) is 19.6. The maximum absolute atomic E-state index is 11.5. The first-order valence-corrected chi connectivity index (χ1v) is 7.38. The zero-order chi connectivity index (χ0) is 16.3. The lowest BCUT2D eigenvalue weighted by Crippen LogP contribution is -2.27. The highest BCUT2D eigenvalue weighted by atomic mass is 16.6. The van der Waals surface area contributed by atoms with Gasteiger partial charge in [0.2, 0.25) is 0 Å². The van der Waals surface area contributed by atoms with Gasteiger partial charge in [0, 0.05) is 12.5 Å². The average molecular weight is 300 g/mol. The highest BCUT2D eigenvalue weighted by Gasteiger charge is 2.14. The summed E-state index contributed by atoms with van der Waals surface area (Å²) in [6, 6.07) is 0. The summed E-state index contributed by atoms with van der Waals surface area (Å²) in [5.41, 5.74) is 0.323. The number of hydrogen-bond donors (Lipinski definition) is 1. The molecular formula is C16H28O5. The van der Waals surface area contributed by atoms with Crippen molar-refractivity contribution in [1.29, 1.82) is 0 Å². The maximum atomic E-state index is 11.5. The van der Waals surface area contributed by atoms with Crippen molar-refractivity contribution in [3.8, 4) is 0 Å². The molecule has 0 aromatic heterocycles. The highest BCUT2D eigenvalue weighted by molar-refractivity contribution is 5.81. The zero-order valence-electron chi connectivity index (χ0n) is 13.4. The average Bonchev–Trinajstić information content (AvgIpc) is 2.41. The van der Waals surface area contributed by atoms with Crippen LogP contribution in [0.1, 0.15) is 52.9 Å². The minimum absolute atomic E-state index is 0.128. The normalized spacial score (nSPS) is 12.6. The largest absolute Gasteiger partial charge is 0.462 e. The molecule has 0 bridgehead atoms. The second-order valence-electron chi connectivity index (χ2n) is 6.25. The number of aliphatic hydroxyl groups excluding tert-OH is 1. The van der Waals surface area contributed by atoms with Crippen molar-refractivity contribution < 1.29 is 24.2 Å². The van der Waals surface area contributed by atoms with Crippen LogP contribution < -0.4 is 0 Å². The molecule has 0 aliphatic carbocycles. The molecule has 0 aliphatic heterocycles. The van der Waals surface area contributed by atoms with E-state index in [2.05, 4.69) is 27.4 Å². The summed E-state index contributed by atoms with van der Waals surface area (Å²) in [6.45, 7) is 9.32. The van der Waals surface area contributed by atoms with Gasteiger partial charge in [0.25, 0.3) is 0 Å². The van der Waals surface area contributed by atoms with Gasteiger partial charge < -0.3 is 14.6 Å². The molecule has 1 unspecified atom stereocenters. The molecule has 0 aliphatic rings. The Morgan fingerprint density at radius 1 is 1.24 bits per heavy atom. The van der Waals surface area contributed by atoms with Gasteiger partial charge in [-0.15, -0.1) is 0 Å². The maximum Gasteiger partial charge on any atom is 0.330 e. The van der Waals surface area contributed by atoms with Crippen LogP contribution in [0.5, 0.6) is 0 Å². The van der Waals surface area contributed by atoms with E-state index in [1.54, 1.807) is 0 Å². The summed E-state index contributed by atoms with van der Waals surface area (Å²) in [5, 5.41) is 9.00. The molecule has 21 heavy (non-hydrogen) atoms. The summed E-state index contributed by atoms with van der Waals surface area (Å²) in [6.07, 6.45) is 4.50. The van der Waals surface area contributed by atoms with Crippen molar-refractivity contribution in [3.63, 3.8) is 0 Å². The predicted octanol–water partition coefficient (Wildman–Crippen LogP) is 2.62. The molecule has 1 N–H and O–H groups in total. The Kier molecular flexibility index (Phi) is 9.71. The van der Waals surface area contributed by atoms with E-state index in [0.29, 0.717) is 11.8 Å². The van der Waals surface area contributed by atoms with E-state index in [0.717, 1.165) is 31.8 Å². The Hall–Kier alpha value is -1.36. The van der Waals surface area contributed by atoms with E-state index in [4.69, 9.17) is 14.6 Å². The Morgan fingerprint density at radius 3 is 2.43 bits per heavy atom. The van der Waals surface area contributed by atoms with Crippen LogP contribution in [0.15, 0.2) is 12.7 Å². The van der Waals surface area contributed by atoms with Gasteiger partial charge in [-0.05, 0) is 18.3 Å². The monoisotopic (exact) mass is 300 g/mol. The van der Waals surface area contributed by atoms with Crippen LogP contribution in [0, 0.1) is 5.41 Å². The number of hydrogen-bond acceptors (Lipinski definition) is 5. The lowest BCUT2D eigenvalue weighted by atomic mass is 9.89. The minimum atomic E-state index is -0.833. The Labute approximate surface area is 127 Å². The van der Waals surface area contributed by atoms with Gasteiger partial charge in [0.15, 0.2) is 6.10 Å². The number of esters is 2. The summed E-state index contributed by atoms with van der Waals surface area (Å²) < 4.78 is 9.77. The van der Waals surface area contributed by atoms with Crippen molar-refractivity contribution in [1.82, 2.24) is 0 Å². The standard InChI is InChI=1S/C16H28O5/c1-5-14(18)21-13(11-17)12-20-15(19)9-7-6-8-10-16(2,3)4/h5,13,17H,1,6-12H2,2-4H3. The summed E-state index contributed by atoms with van der Waals surface area (Å²) in [5.74, 6) is -0.980. The van der Waals surface area contributed by atoms with E-state index in [1.807, 2.05) is 0 Å². The number of carbonyl (C=O) groups excluding carboxylic acids is 2. The molecule has 0 saturated carbocycles. The first-order chi connectivity index (χ1) is 9.78. The van der Waals surface area contributed by atoms with Gasteiger partial charge in [-0.1, -0.05) is 40.2 Å². The summed E-state index contributed by atoms with van der Waals surface area (Å²) in [4.78, 5) is 22.5. The third-order valence-electron chi connectivity index (χ3n) is 2.89. The van der Waals surface area contributed by atoms with Crippen LogP contribution in [-0.4, -0.2) is 36.4 Å². The molecule has 1 atom stereocenters. The van der Waals surface area contributed by atoms with E-state index in [9.17, 15) is 9.59 Å². The van der Waals surface area contributed by atoms with E-state index in [1.165, 1.54) is 0 Å². The van der Waals surface area contributed by atoms with Gasteiger partial charge in [-0.25, -0.2) is 4.79 Å². The fourth-order valence-corrected chi connectivity index (χ4v) is 1.70. The zero-order valence-corrected chi connectivity index (χ0v) is 13.4. The third kappa shape index (κ3) is 12.1. The molecule has 0 amide bonds. The number of rotatable bonds is 10. The minimum Gasteiger partial charge on any atom is -0.462 e. The van der Waals surface area contributed by atoms with Crippen LogP contribution in [0.4, 0.5) is 0 Å². The predicted molar refractivity (Wildman–Crippen MR) is 80.7 cm³/mol. The second kappa shape index (κ2) is 10.4. The van der Waals surface area contributed by atoms with Crippen LogP contribution in [-0.2, 0) is 19.1 Å². The molecule has 0 spiro atoms. The van der Waals surface area contributed by atoms with Crippen molar-refractivity contribution >= 4 is 11.9 Å². The van der Waals surface area contributed by atoms with Crippen LogP contribution in [0.2, 0.25) is 0 Å². The van der Waals surface area contributed by atoms with Gasteiger partial charge in [-0.3, -0.25) is 4.79 Å². The van der Waals surface area contributed by atoms with Crippen molar-refractivity contribution in [2.45, 2.75) is 59.0 Å². The lowest BCUT2D eigenvalue weighted by Gasteiger charge is -2.17. The molecule has 5 heteroatoms.